The maximum atomic E-state index is 12.6. The normalized spacial score (nSPS) is 15.0. The third-order valence-electron chi connectivity index (χ3n) is 5.84. The number of carbonyl (C=O) groups excluding carboxylic acids is 1. The molecule has 0 saturated heterocycles. The first-order chi connectivity index (χ1) is 15.5. The van der Waals surface area contributed by atoms with Crippen molar-refractivity contribution in [3.8, 4) is 5.69 Å². The third-order valence-corrected chi connectivity index (χ3v) is 6.97. The van der Waals surface area contributed by atoms with Gasteiger partial charge in [0.2, 0.25) is 0 Å². The van der Waals surface area contributed by atoms with Gasteiger partial charge in [0.25, 0.3) is 5.91 Å². The summed E-state index contributed by atoms with van der Waals surface area (Å²) in [6.45, 7) is 8.38. The average Bonchev–Trinajstić information content (AvgIpc) is 3.48. The highest BCUT2D eigenvalue weighted by atomic mass is 35.5. The molecule has 2 aromatic heterocycles. The van der Waals surface area contributed by atoms with Crippen molar-refractivity contribution < 1.29 is 4.79 Å². The van der Waals surface area contributed by atoms with Crippen LogP contribution in [0.5, 0.6) is 0 Å². The number of thiophene rings is 1. The van der Waals surface area contributed by atoms with Crippen molar-refractivity contribution >= 4 is 40.5 Å². The fraction of sp³-hybridized carbons (Fsp3) is 0.385. The molecule has 0 saturated carbocycles. The van der Waals surface area contributed by atoms with E-state index >= 15 is 0 Å². The van der Waals surface area contributed by atoms with Gasteiger partial charge in [-0.3, -0.25) is 4.79 Å². The zero-order valence-corrected chi connectivity index (χ0v) is 21.1. The average molecular weight is 470 g/mol. The number of amides is 1. The number of nitrogens with zero attached hydrogens (tertiary/aromatic N) is 2. The van der Waals surface area contributed by atoms with E-state index in [4.69, 9.17) is 16.7 Å². The maximum Gasteiger partial charge on any atom is 0.271 e. The molecule has 0 aliphatic heterocycles. The minimum Gasteiger partial charge on any atom is -0.354 e. The second-order valence-electron chi connectivity index (χ2n) is 7.73. The topological polar surface area (TPSA) is 46.9 Å². The fourth-order valence-electron chi connectivity index (χ4n) is 3.99. The van der Waals surface area contributed by atoms with Crippen molar-refractivity contribution in [1.29, 1.82) is 0 Å². The molecule has 1 aliphatic carbocycles. The molecule has 6 heteroatoms. The smallest absolute Gasteiger partial charge is 0.271 e. The highest BCUT2D eigenvalue weighted by Crippen LogP contribution is 2.38. The van der Waals surface area contributed by atoms with Crippen LogP contribution >= 0.6 is 22.9 Å². The molecule has 1 atom stereocenters. The lowest BCUT2D eigenvalue weighted by atomic mass is 9.90. The van der Waals surface area contributed by atoms with Crippen molar-refractivity contribution in [2.24, 2.45) is 0 Å². The predicted molar refractivity (Wildman–Crippen MR) is 137 cm³/mol. The summed E-state index contributed by atoms with van der Waals surface area (Å²) < 4.78 is 1.88. The van der Waals surface area contributed by atoms with Crippen molar-refractivity contribution in [2.75, 3.05) is 7.05 Å². The molecule has 170 valence electrons. The van der Waals surface area contributed by atoms with Gasteiger partial charge < -0.3 is 5.32 Å². The van der Waals surface area contributed by atoms with E-state index in [1.165, 1.54) is 16.0 Å². The van der Waals surface area contributed by atoms with Crippen LogP contribution in [0.25, 0.3) is 17.3 Å². The van der Waals surface area contributed by atoms with Crippen LogP contribution in [-0.2, 0) is 6.42 Å². The molecule has 4 nitrogen and oxygen atoms in total. The Labute approximate surface area is 200 Å². The molecule has 0 spiro atoms. The van der Waals surface area contributed by atoms with E-state index in [1.54, 1.807) is 18.4 Å². The number of halogens is 1. The van der Waals surface area contributed by atoms with Gasteiger partial charge in [0.15, 0.2) is 5.69 Å². The molecule has 0 radical (unpaired) electrons. The first-order valence-electron chi connectivity index (χ1n) is 11.4. The molecular weight excluding hydrogens is 438 g/mol. The SMILES string of the molecule is CC.CCC(C)c1ccc(-n2nc(C(=O)NC)c3c2/C(=C/c2cccs2)CCC3)c(Cl)c1. The number of nitrogens with one attached hydrogen (secondary N) is 1. The van der Waals surface area contributed by atoms with Gasteiger partial charge in [0.1, 0.15) is 0 Å². The van der Waals surface area contributed by atoms with E-state index in [0.29, 0.717) is 16.6 Å². The number of rotatable bonds is 5. The third kappa shape index (κ3) is 4.84. The molecule has 0 fully saturated rings. The molecule has 1 N–H and O–H groups in total. The molecule has 3 aromatic rings. The number of carbonyl (C=O) groups is 1. The lowest BCUT2D eigenvalue weighted by molar-refractivity contribution is 0.0956. The van der Waals surface area contributed by atoms with Crippen LogP contribution in [-0.4, -0.2) is 22.7 Å². The fourth-order valence-corrected chi connectivity index (χ4v) is 4.94. The molecule has 0 bridgehead atoms. The highest BCUT2D eigenvalue weighted by molar-refractivity contribution is 7.10. The quantitative estimate of drug-likeness (QED) is 0.424. The van der Waals surface area contributed by atoms with Crippen LogP contribution in [0.2, 0.25) is 5.02 Å². The number of hydrogen-bond donors (Lipinski definition) is 1. The summed E-state index contributed by atoms with van der Waals surface area (Å²) in [7, 11) is 1.65. The molecule has 32 heavy (non-hydrogen) atoms. The lowest BCUT2D eigenvalue weighted by Crippen LogP contribution is -2.20. The maximum absolute atomic E-state index is 12.6. The number of allylic oxidation sites excluding steroid dienone is 1. The van der Waals surface area contributed by atoms with Crippen LogP contribution in [0.1, 0.15) is 85.1 Å². The van der Waals surface area contributed by atoms with E-state index in [-0.39, 0.29) is 5.91 Å². The van der Waals surface area contributed by atoms with E-state index in [0.717, 1.165) is 42.6 Å². The number of aromatic nitrogens is 2. The summed E-state index contributed by atoms with van der Waals surface area (Å²) in [5, 5.41) is 10.2. The number of hydrogen-bond acceptors (Lipinski definition) is 3. The van der Waals surface area contributed by atoms with E-state index in [1.807, 2.05) is 30.7 Å². The Hall–Kier alpha value is -2.37. The molecule has 1 aliphatic rings. The van der Waals surface area contributed by atoms with Gasteiger partial charge in [-0.15, -0.1) is 11.3 Å². The van der Waals surface area contributed by atoms with Crippen molar-refractivity contribution in [1.82, 2.24) is 15.1 Å². The minimum absolute atomic E-state index is 0.158. The van der Waals surface area contributed by atoms with Gasteiger partial charge in [-0.05, 0) is 72.4 Å². The molecular formula is C26H32ClN3OS. The minimum atomic E-state index is -0.158. The van der Waals surface area contributed by atoms with Crippen molar-refractivity contribution in [3.05, 3.63) is 68.1 Å². The number of fused-ring (bicyclic) bond motifs is 1. The second kappa shape index (κ2) is 11.0. The first-order valence-corrected chi connectivity index (χ1v) is 12.7. The van der Waals surface area contributed by atoms with Crippen LogP contribution < -0.4 is 5.32 Å². The molecule has 1 aromatic carbocycles. The van der Waals surface area contributed by atoms with Gasteiger partial charge in [-0.25, -0.2) is 4.68 Å². The lowest BCUT2D eigenvalue weighted by Gasteiger charge is -2.19. The Bertz CT molecular complexity index is 1100. The summed E-state index contributed by atoms with van der Waals surface area (Å²) >= 11 is 8.45. The Balaban J connectivity index is 0.00000141. The second-order valence-corrected chi connectivity index (χ2v) is 9.11. The summed E-state index contributed by atoms with van der Waals surface area (Å²) in [6, 6.07) is 10.3. The summed E-state index contributed by atoms with van der Waals surface area (Å²) in [5.41, 5.74) is 5.73. The molecule has 1 amide bonds. The van der Waals surface area contributed by atoms with Crippen molar-refractivity contribution in [2.45, 2.75) is 59.3 Å². The summed E-state index contributed by atoms with van der Waals surface area (Å²) in [4.78, 5) is 13.8. The van der Waals surface area contributed by atoms with Gasteiger partial charge in [0.05, 0.1) is 16.4 Å². The Morgan fingerprint density at radius 3 is 2.72 bits per heavy atom. The highest BCUT2D eigenvalue weighted by Gasteiger charge is 2.28. The molecule has 1 unspecified atom stereocenters. The Morgan fingerprint density at radius 1 is 1.31 bits per heavy atom. The van der Waals surface area contributed by atoms with Gasteiger partial charge in [-0.2, -0.15) is 5.10 Å². The molecule has 4 rings (SSSR count). The molecule has 2 heterocycles. The van der Waals surface area contributed by atoms with E-state index in [2.05, 4.69) is 48.8 Å². The first kappa shape index (κ1) is 24.3. The predicted octanol–water partition coefficient (Wildman–Crippen LogP) is 7.36. The van der Waals surface area contributed by atoms with Crippen LogP contribution in [0.3, 0.4) is 0 Å². The van der Waals surface area contributed by atoms with E-state index < -0.39 is 0 Å². The Morgan fingerprint density at radius 2 is 2.09 bits per heavy atom. The monoisotopic (exact) mass is 469 g/mol. The van der Waals surface area contributed by atoms with Crippen molar-refractivity contribution in [3.63, 3.8) is 0 Å². The zero-order valence-electron chi connectivity index (χ0n) is 19.5. The Kier molecular flexibility index (Phi) is 8.32. The van der Waals surface area contributed by atoms with E-state index in [9.17, 15) is 4.79 Å². The summed E-state index contributed by atoms with van der Waals surface area (Å²) in [5.74, 6) is 0.286. The van der Waals surface area contributed by atoms with Gasteiger partial charge in [-0.1, -0.05) is 51.4 Å². The number of benzene rings is 1. The van der Waals surface area contributed by atoms with Crippen LogP contribution in [0, 0.1) is 0 Å². The van der Waals surface area contributed by atoms with Crippen LogP contribution in [0.15, 0.2) is 35.7 Å². The largest absolute Gasteiger partial charge is 0.354 e. The van der Waals surface area contributed by atoms with Gasteiger partial charge in [0, 0.05) is 17.5 Å². The van der Waals surface area contributed by atoms with Crippen LogP contribution in [0.4, 0.5) is 0 Å². The van der Waals surface area contributed by atoms with Gasteiger partial charge >= 0.3 is 0 Å². The standard InChI is InChI=1S/C24H26ClN3OS.C2H6/c1-4-15(2)16-10-11-21(20(25)14-16)28-23-17(13-18-8-6-12-30-18)7-5-9-19(23)22(27-28)24(29)26-3;1-2/h6,8,10-15H,4-5,7,9H2,1-3H3,(H,26,29);1-2H3/b17-13+;. The summed E-state index contributed by atoms with van der Waals surface area (Å²) in [6.07, 6.45) is 6.06. The zero-order chi connectivity index (χ0) is 23.3.